The van der Waals surface area contributed by atoms with Gasteiger partial charge in [-0.3, -0.25) is 14.4 Å². The molecular formula is C56H92O6. The third-order valence-corrected chi connectivity index (χ3v) is 10.3. The highest BCUT2D eigenvalue weighted by Crippen LogP contribution is 2.14. The smallest absolute Gasteiger partial charge is 0.306 e. The van der Waals surface area contributed by atoms with Crippen LogP contribution in [0.3, 0.4) is 0 Å². The van der Waals surface area contributed by atoms with Gasteiger partial charge in [-0.25, -0.2) is 0 Å². The number of unbranched alkanes of at least 4 members (excludes halogenated alkanes) is 17. The molecule has 0 rings (SSSR count). The molecule has 0 aromatic carbocycles. The van der Waals surface area contributed by atoms with Crippen molar-refractivity contribution in [2.45, 2.75) is 226 Å². The summed E-state index contributed by atoms with van der Waals surface area (Å²) in [4.78, 5) is 37.9. The van der Waals surface area contributed by atoms with Crippen molar-refractivity contribution in [3.05, 3.63) is 97.2 Å². The van der Waals surface area contributed by atoms with Gasteiger partial charge < -0.3 is 14.2 Å². The van der Waals surface area contributed by atoms with E-state index < -0.39 is 6.10 Å². The molecule has 1 unspecified atom stereocenters. The van der Waals surface area contributed by atoms with Gasteiger partial charge in [-0.1, -0.05) is 201 Å². The molecule has 0 aromatic heterocycles. The lowest BCUT2D eigenvalue weighted by atomic mass is 10.0. The average Bonchev–Trinajstić information content (AvgIpc) is 3.27. The van der Waals surface area contributed by atoms with Crippen molar-refractivity contribution in [2.24, 2.45) is 0 Å². The zero-order valence-corrected chi connectivity index (χ0v) is 40.1. The van der Waals surface area contributed by atoms with Gasteiger partial charge in [-0.05, 0) is 96.3 Å². The number of hydrogen-bond acceptors (Lipinski definition) is 6. The Morgan fingerprint density at radius 2 is 0.629 bits per heavy atom. The Morgan fingerprint density at radius 1 is 0.339 bits per heavy atom. The van der Waals surface area contributed by atoms with Gasteiger partial charge in [0.1, 0.15) is 13.2 Å². The average molecular weight is 861 g/mol. The van der Waals surface area contributed by atoms with E-state index in [-0.39, 0.29) is 31.1 Å². The molecule has 0 spiro atoms. The lowest BCUT2D eigenvalue weighted by Gasteiger charge is -2.18. The topological polar surface area (TPSA) is 78.9 Å². The van der Waals surface area contributed by atoms with Crippen LogP contribution in [0.2, 0.25) is 0 Å². The maximum atomic E-state index is 12.8. The maximum Gasteiger partial charge on any atom is 0.306 e. The van der Waals surface area contributed by atoms with Gasteiger partial charge in [0.2, 0.25) is 0 Å². The summed E-state index contributed by atoms with van der Waals surface area (Å²) in [7, 11) is 0. The summed E-state index contributed by atoms with van der Waals surface area (Å²) in [5.41, 5.74) is 0. The van der Waals surface area contributed by atoms with Gasteiger partial charge in [0.05, 0.1) is 0 Å². The van der Waals surface area contributed by atoms with Crippen molar-refractivity contribution in [3.63, 3.8) is 0 Å². The Bertz CT molecular complexity index is 1260. The van der Waals surface area contributed by atoms with E-state index in [1.807, 2.05) is 0 Å². The Hall–Kier alpha value is -3.67. The number of hydrogen-bond donors (Lipinski definition) is 0. The van der Waals surface area contributed by atoms with Gasteiger partial charge in [0, 0.05) is 19.3 Å². The van der Waals surface area contributed by atoms with Gasteiger partial charge in [-0.2, -0.15) is 0 Å². The van der Waals surface area contributed by atoms with Crippen LogP contribution in [0.1, 0.15) is 220 Å². The molecule has 0 aromatic rings. The second-order valence-electron chi connectivity index (χ2n) is 16.3. The lowest BCUT2D eigenvalue weighted by molar-refractivity contribution is -0.167. The maximum absolute atomic E-state index is 12.8. The molecule has 6 nitrogen and oxygen atoms in total. The van der Waals surface area contributed by atoms with Crippen LogP contribution < -0.4 is 0 Å². The first-order valence-electron chi connectivity index (χ1n) is 25.2. The number of esters is 3. The van der Waals surface area contributed by atoms with E-state index in [2.05, 4.69) is 118 Å². The van der Waals surface area contributed by atoms with E-state index in [9.17, 15) is 14.4 Å². The Morgan fingerprint density at radius 3 is 1.02 bits per heavy atom. The second-order valence-corrected chi connectivity index (χ2v) is 16.3. The number of rotatable bonds is 44. The van der Waals surface area contributed by atoms with E-state index >= 15 is 0 Å². The molecule has 62 heavy (non-hydrogen) atoms. The molecule has 0 saturated carbocycles. The number of carbonyl (C=O) groups is 3. The van der Waals surface area contributed by atoms with E-state index in [1.54, 1.807) is 0 Å². The first-order valence-corrected chi connectivity index (χ1v) is 25.2. The normalized spacial score (nSPS) is 12.9. The van der Waals surface area contributed by atoms with E-state index in [1.165, 1.54) is 64.2 Å². The largest absolute Gasteiger partial charge is 0.462 e. The van der Waals surface area contributed by atoms with Crippen LogP contribution in [0.15, 0.2) is 97.2 Å². The zero-order valence-electron chi connectivity index (χ0n) is 40.1. The number of ether oxygens (including phenoxy) is 3. The Labute approximate surface area is 381 Å². The molecule has 0 saturated heterocycles. The third kappa shape index (κ3) is 47.4. The molecule has 0 radical (unpaired) electrons. The van der Waals surface area contributed by atoms with E-state index in [0.29, 0.717) is 19.3 Å². The van der Waals surface area contributed by atoms with Crippen LogP contribution in [0.5, 0.6) is 0 Å². The predicted molar refractivity (Wildman–Crippen MR) is 265 cm³/mol. The second kappa shape index (κ2) is 50.0. The minimum atomic E-state index is -0.804. The summed E-state index contributed by atoms with van der Waals surface area (Å²) in [5, 5.41) is 0. The molecule has 0 bridgehead atoms. The van der Waals surface area contributed by atoms with E-state index in [0.717, 1.165) is 116 Å². The highest BCUT2D eigenvalue weighted by molar-refractivity contribution is 5.71. The van der Waals surface area contributed by atoms with Crippen molar-refractivity contribution in [2.75, 3.05) is 13.2 Å². The summed E-state index contributed by atoms with van der Waals surface area (Å²) < 4.78 is 16.7. The van der Waals surface area contributed by atoms with Crippen molar-refractivity contribution in [1.29, 1.82) is 0 Å². The number of allylic oxidation sites excluding steroid dienone is 16. The quantitative estimate of drug-likeness (QED) is 0.0263. The Kier molecular flexibility index (Phi) is 47.0. The van der Waals surface area contributed by atoms with Crippen LogP contribution in [0, 0.1) is 0 Å². The van der Waals surface area contributed by atoms with Gasteiger partial charge in [-0.15, -0.1) is 0 Å². The summed E-state index contributed by atoms with van der Waals surface area (Å²) in [6, 6.07) is 0. The van der Waals surface area contributed by atoms with Crippen molar-refractivity contribution in [1.82, 2.24) is 0 Å². The van der Waals surface area contributed by atoms with Crippen molar-refractivity contribution >= 4 is 17.9 Å². The fraction of sp³-hybridized carbons (Fsp3) is 0.661. The van der Waals surface area contributed by atoms with E-state index in [4.69, 9.17) is 14.2 Å². The first-order chi connectivity index (χ1) is 30.5. The molecule has 352 valence electrons. The molecule has 0 fully saturated rings. The molecule has 0 amide bonds. The van der Waals surface area contributed by atoms with Crippen molar-refractivity contribution < 1.29 is 28.6 Å². The molecule has 1 atom stereocenters. The molecule has 6 heteroatoms. The monoisotopic (exact) mass is 861 g/mol. The Balaban J connectivity index is 4.47. The predicted octanol–water partition coefficient (Wildman–Crippen LogP) is 16.6. The fourth-order valence-corrected chi connectivity index (χ4v) is 6.60. The van der Waals surface area contributed by atoms with Gasteiger partial charge >= 0.3 is 17.9 Å². The molecule has 0 N–H and O–H groups in total. The molecule has 0 aliphatic rings. The lowest BCUT2D eigenvalue weighted by Crippen LogP contribution is -2.30. The SMILES string of the molecule is CC/C=C\C/C=C\C/C=C\C/C=C\C/C=C\CCCCCC(=O)OCC(COC(=O)CCCC/C=C\C/C=C\C/C=C\CC)OC(=O)CCCCCCCCCCCCCCC. The minimum Gasteiger partial charge on any atom is -0.462 e. The van der Waals surface area contributed by atoms with Crippen LogP contribution >= 0.6 is 0 Å². The summed E-state index contributed by atoms with van der Waals surface area (Å²) in [5.74, 6) is -0.978. The fourth-order valence-electron chi connectivity index (χ4n) is 6.60. The van der Waals surface area contributed by atoms with Crippen LogP contribution in [0.25, 0.3) is 0 Å². The zero-order chi connectivity index (χ0) is 45.1. The summed E-state index contributed by atoms with van der Waals surface area (Å²) in [6.45, 7) is 6.33. The molecular weight excluding hydrogens is 769 g/mol. The molecule has 0 aliphatic carbocycles. The van der Waals surface area contributed by atoms with Crippen molar-refractivity contribution in [3.8, 4) is 0 Å². The standard InChI is InChI=1S/C56H92O6/c1-4-7-10-13-16-19-22-25-26-27-28-29-30-32-34-37-40-43-46-49-55(58)61-52-53(51-60-54(57)48-45-42-39-36-33-24-21-18-15-12-9-6-3)62-56(59)50-47-44-41-38-35-31-23-20-17-14-11-8-5-2/h7,9-10,12,16,18-19,21,25-26,28-29,32-34,36,53H,4-6,8,11,13-15,17,20,22-24,27,30-31,35,37-52H2,1-3H3/b10-7-,12-9-,19-16-,21-18-,26-25-,29-28-,34-32-,36-33-. The highest BCUT2D eigenvalue weighted by Gasteiger charge is 2.19. The van der Waals surface area contributed by atoms with Crippen LogP contribution in [0.4, 0.5) is 0 Å². The first kappa shape index (κ1) is 58.3. The van der Waals surface area contributed by atoms with Crippen LogP contribution in [-0.4, -0.2) is 37.2 Å². The molecule has 0 aliphatic heterocycles. The highest BCUT2D eigenvalue weighted by atomic mass is 16.6. The summed E-state index contributed by atoms with van der Waals surface area (Å²) in [6.07, 6.45) is 65.4. The van der Waals surface area contributed by atoms with Crippen LogP contribution in [-0.2, 0) is 28.6 Å². The number of carbonyl (C=O) groups excluding carboxylic acids is 3. The summed E-state index contributed by atoms with van der Waals surface area (Å²) >= 11 is 0. The minimum absolute atomic E-state index is 0.107. The third-order valence-electron chi connectivity index (χ3n) is 10.3. The van der Waals surface area contributed by atoms with Gasteiger partial charge in [0.15, 0.2) is 6.10 Å². The van der Waals surface area contributed by atoms with Gasteiger partial charge in [0.25, 0.3) is 0 Å². The molecule has 0 heterocycles.